The summed E-state index contributed by atoms with van der Waals surface area (Å²) in [5, 5.41) is 10.8. The van der Waals surface area contributed by atoms with Crippen LogP contribution in [0.4, 0.5) is 5.69 Å². The maximum Gasteiger partial charge on any atom is 0.271 e. The second-order valence-electron chi connectivity index (χ2n) is 4.03. The molecule has 19 heavy (non-hydrogen) atoms. The molecule has 0 aromatic heterocycles. The van der Waals surface area contributed by atoms with Crippen LogP contribution in [0.25, 0.3) is 0 Å². The van der Waals surface area contributed by atoms with Gasteiger partial charge >= 0.3 is 0 Å². The van der Waals surface area contributed by atoms with E-state index in [1.807, 2.05) is 0 Å². The predicted octanol–water partition coefficient (Wildman–Crippen LogP) is 1.14. The van der Waals surface area contributed by atoms with Crippen LogP contribution in [0.5, 0.6) is 0 Å². The average molecular weight is 288 g/mol. The zero-order valence-electron chi connectivity index (χ0n) is 11.0. The van der Waals surface area contributed by atoms with Crippen molar-refractivity contribution in [1.29, 1.82) is 0 Å². The van der Waals surface area contributed by atoms with Gasteiger partial charge in [0.2, 0.25) is 10.0 Å². The van der Waals surface area contributed by atoms with Gasteiger partial charge in [-0.05, 0) is 25.0 Å². The van der Waals surface area contributed by atoms with E-state index < -0.39 is 14.9 Å². The second-order valence-corrected chi connectivity index (χ2v) is 5.77. The Morgan fingerprint density at radius 3 is 2.53 bits per heavy atom. The monoisotopic (exact) mass is 288 g/mol. The highest BCUT2D eigenvalue weighted by Gasteiger charge is 2.21. The standard InChI is InChI=1S/C11H16N2O5S/c1-8-6-10(13(14)15)7-11(9(8)2)19(16,17)12-4-5-18-3/h6-7,12H,4-5H2,1-3H3. The van der Waals surface area contributed by atoms with Crippen LogP contribution in [0.3, 0.4) is 0 Å². The first kappa shape index (κ1) is 15.5. The zero-order valence-corrected chi connectivity index (χ0v) is 11.8. The van der Waals surface area contributed by atoms with Crippen LogP contribution in [-0.2, 0) is 14.8 Å². The van der Waals surface area contributed by atoms with Crippen molar-refractivity contribution < 1.29 is 18.1 Å². The van der Waals surface area contributed by atoms with Gasteiger partial charge in [-0.15, -0.1) is 0 Å². The Morgan fingerprint density at radius 2 is 2.00 bits per heavy atom. The minimum absolute atomic E-state index is 0.0738. The first-order valence-corrected chi connectivity index (χ1v) is 7.02. The molecule has 0 radical (unpaired) electrons. The molecule has 0 spiro atoms. The van der Waals surface area contributed by atoms with E-state index in [1.165, 1.54) is 13.2 Å². The summed E-state index contributed by atoms with van der Waals surface area (Å²) in [4.78, 5) is 10.1. The summed E-state index contributed by atoms with van der Waals surface area (Å²) in [7, 11) is -2.32. The van der Waals surface area contributed by atoms with E-state index in [0.29, 0.717) is 11.1 Å². The molecule has 1 N–H and O–H groups in total. The van der Waals surface area contributed by atoms with Crippen molar-refractivity contribution in [2.45, 2.75) is 18.7 Å². The molecule has 0 amide bonds. The fourth-order valence-corrected chi connectivity index (χ4v) is 2.90. The van der Waals surface area contributed by atoms with Gasteiger partial charge in [-0.2, -0.15) is 0 Å². The topological polar surface area (TPSA) is 98.5 Å². The van der Waals surface area contributed by atoms with Gasteiger partial charge in [-0.25, -0.2) is 13.1 Å². The van der Waals surface area contributed by atoms with Crippen LogP contribution in [0.2, 0.25) is 0 Å². The normalized spacial score (nSPS) is 11.5. The van der Waals surface area contributed by atoms with Gasteiger partial charge in [0.05, 0.1) is 16.4 Å². The number of ether oxygens (including phenoxy) is 1. The molecule has 0 atom stereocenters. The minimum atomic E-state index is -3.78. The molecule has 0 aliphatic carbocycles. The van der Waals surface area contributed by atoms with E-state index >= 15 is 0 Å². The van der Waals surface area contributed by atoms with Gasteiger partial charge in [-0.1, -0.05) is 0 Å². The molecular weight excluding hydrogens is 272 g/mol. The quantitative estimate of drug-likeness (QED) is 0.480. The van der Waals surface area contributed by atoms with E-state index in [1.54, 1.807) is 13.8 Å². The van der Waals surface area contributed by atoms with E-state index in [-0.39, 0.29) is 23.7 Å². The molecule has 0 bridgehead atoms. The van der Waals surface area contributed by atoms with Crippen LogP contribution in [0.15, 0.2) is 17.0 Å². The molecular formula is C11H16N2O5S. The van der Waals surface area contributed by atoms with Gasteiger partial charge in [0.25, 0.3) is 5.69 Å². The van der Waals surface area contributed by atoms with Crippen molar-refractivity contribution in [2.24, 2.45) is 0 Å². The maximum atomic E-state index is 12.1. The lowest BCUT2D eigenvalue weighted by molar-refractivity contribution is -0.385. The van der Waals surface area contributed by atoms with Crippen LogP contribution < -0.4 is 4.72 Å². The molecule has 8 heteroatoms. The smallest absolute Gasteiger partial charge is 0.271 e. The zero-order chi connectivity index (χ0) is 14.6. The van der Waals surface area contributed by atoms with Gasteiger partial charge in [-0.3, -0.25) is 10.1 Å². The number of sulfonamides is 1. The van der Waals surface area contributed by atoms with Gasteiger partial charge in [0.1, 0.15) is 0 Å². The summed E-state index contributed by atoms with van der Waals surface area (Å²) >= 11 is 0. The number of nitro benzene ring substituents is 1. The minimum Gasteiger partial charge on any atom is -0.383 e. The fourth-order valence-electron chi connectivity index (χ4n) is 1.55. The molecule has 0 aliphatic heterocycles. The number of hydrogen-bond donors (Lipinski definition) is 1. The summed E-state index contributed by atoms with van der Waals surface area (Å²) in [6, 6.07) is 2.42. The number of nitrogens with one attached hydrogen (secondary N) is 1. The summed E-state index contributed by atoms with van der Waals surface area (Å²) in [5.74, 6) is 0. The molecule has 0 heterocycles. The number of methoxy groups -OCH3 is 1. The molecule has 0 fully saturated rings. The van der Waals surface area contributed by atoms with Gasteiger partial charge < -0.3 is 4.74 Å². The van der Waals surface area contributed by atoms with Crippen molar-refractivity contribution in [2.75, 3.05) is 20.3 Å². The summed E-state index contributed by atoms with van der Waals surface area (Å²) in [5.41, 5.74) is 0.812. The Morgan fingerprint density at radius 1 is 1.37 bits per heavy atom. The van der Waals surface area contributed by atoms with Gasteiger partial charge in [0, 0.05) is 25.8 Å². The lowest BCUT2D eigenvalue weighted by atomic mass is 10.1. The highest BCUT2D eigenvalue weighted by molar-refractivity contribution is 7.89. The Bertz CT molecular complexity index is 583. The molecule has 0 aliphatic rings. The van der Waals surface area contributed by atoms with E-state index in [9.17, 15) is 18.5 Å². The van der Waals surface area contributed by atoms with Crippen molar-refractivity contribution in [3.8, 4) is 0 Å². The van der Waals surface area contributed by atoms with Crippen LogP contribution in [-0.4, -0.2) is 33.6 Å². The number of rotatable bonds is 6. The van der Waals surface area contributed by atoms with E-state index in [4.69, 9.17) is 4.74 Å². The number of nitrogens with zero attached hydrogens (tertiary/aromatic N) is 1. The molecule has 1 rings (SSSR count). The van der Waals surface area contributed by atoms with Crippen molar-refractivity contribution in [3.63, 3.8) is 0 Å². The SMILES string of the molecule is COCCNS(=O)(=O)c1cc([N+](=O)[O-])cc(C)c1C. The predicted molar refractivity (Wildman–Crippen MR) is 69.6 cm³/mol. The third-order valence-electron chi connectivity index (χ3n) is 2.70. The molecule has 1 aromatic rings. The highest BCUT2D eigenvalue weighted by atomic mass is 32.2. The van der Waals surface area contributed by atoms with E-state index in [2.05, 4.69) is 4.72 Å². The van der Waals surface area contributed by atoms with Crippen molar-refractivity contribution >= 4 is 15.7 Å². The summed E-state index contributed by atoms with van der Waals surface area (Å²) in [6.07, 6.45) is 0. The Labute approximate surface area is 111 Å². The molecule has 7 nitrogen and oxygen atoms in total. The number of benzene rings is 1. The Balaban J connectivity index is 3.21. The molecule has 0 unspecified atom stereocenters. The third kappa shape index (κ3) is 3.72. The third-order valence-corrected chi connectivity index (χ3v) is 4.29. The first-order chi connectivity index (χ1) is 8.79. The lowest BCUT2D eigenvalue weighted by Crippen LogP contribution is -2.28. The Kier molecular flexibility index (Phi) is 4.98. The first-order valence-electron chi connectivity index (χ1n) is 5.54. The molecule has 106 valence electrons. The lowest BCUT2D eigenvalue weighted by Gasteiger charge is -2.10. The number of aryl methyl sites for hydroxylation is 1. The number of non-ortho nitro benzene ring substituents is 1. The number of nitro groups is 1. The van der Waals surface area contributed by atoms with Gasteiger partial charge in [0.15, 0.2) is 0 Å². The highest BCUT2D eigenvalue weighted by Crippen LogP contribution is 2.25. The molecule has 1 aromatic carbocycles. The average Bonchev–Trinajstić information content (AvgIpc) is 2.32. The number of hydrogen-bond acceptors (Lipinski definition) is 5. The maximum absolute atomic E-state index is 12.1. The second kappa shape index (κ2) is 6.09. The van der Waals surface area contributed by atoms with E-state index in [0.717, 1.165) is 6.07 Å². The summed E-state index contributed by atoms with van der Waals surface area (Å²) < 4.78 is 31.2. The molecule has 0 saturated heterocycles. The van der Waals surface area contributed by atoms with Crippen molar-refractivity contribution in [1.82, 2.24) is 4.72 Å². The van der Waals surface area contributed by atoms with Crippen LogP contribution in [0, 0.1) is 24.0 Å². The molecule has 0 saturated carbocycles. The van der Waals surface area contributed by atoms with Crippen molar-refractivity contribution in [3.05, 3.63) is 33.4 Å². The Hall–Kier alpha value is -1.51. The largest absolute Gasteiger partial charge is 0.383 e. The summed E-state index contributed by atoms with van der Waals surface area (Å²) in [6.45, 7) is 3.59. The van der Waals surface area contributed by atoms with Crippen LogP contribution in [0.1, 0.15) is 11.1 Å². The fraction of sp³-hybridized carbons (Fsp3) is 0.455. The van der Waals surface area contributed by atoms with Crippen LogP contribution >= 0.6 is 0 Å².